The van der Waals surface area contributed by atoms with Crippen LogP contribution in [0.2, 0.25) is 0 Å². The molecule has 1 saturated heterocycles. The van der Waals surface area contributed by atoms with E-state index in [1.807, 2.05) is 71.6 Å². The van der Waals surface area contributed by atoms with E-state index in [0.717, 1.165) is 0 Å². The Hall–Kier alpha value is -2.80. The number of aromatic nitrogens is 2. The summed E-state index contributed by atoms with van der Waals surface area (Å²) in [7, 11) is 0. The van der Waals surface area contributed by atoms with Gasteiger partial charge in [0.2, 0.25) is 0 Å². The van der Waals surface area contributed by atoms with Gasteiger partial charge in [-0.3, -0.25) is 9.59 Å². The number of fused-ring (bicyclic) bond motifs is 3. The summed E-state index contributed by atoms with van der Waals surface area (Å²) in [6.45, 7) is 15.4. The average molecular weight is 443 g/mol. The molecule has 1 N–H and O–H groups in total. The van der Waals surface area contributed by atoms with E-state index in [2.05, 4.69) is 15.3 Å². The Morgan fingerprint density at radius 2 is 1.78 bits per heavy atom. The van der Waals surface area contributed by atoms with Crippen molar-refractivity contribution in [3.8, 4) is 0 Å². The van der Waals surface area contributed by atoms with Crippen LogP contribution in [0.25, 0.3) is 0 Å². The van der Waals surface area contributed by atoms with Crippen LogP contribution in [0.1, 0.15) is 71.1 Å². The van der Waals surface area contributed by atoms with Crippen molar-refractivity contribution in [1.82, 2.24) is 9.97 Å². The molecular formula is C25H38N4O3. The van der Waals surface area contributed by atoms with Crippen LogP contribution in [0.5, 0.6) is 0 Å². The fourth-order valence-electron chi connectivity index (χ4n) is 3.53. The van der Waals surface area contributed by atoms with Gasteiger partial charge in [0.1, 0.15) is 17.1 Å². The quantitative estimate of drug-likeness (QED) is 0.677. The second kappa shape index (κ2) is 13.6. The van der Waals surface area contributed by atoms with E-state index in [0.29, 0.717) is 49.1 Å². The Bertz CT molecular complexity index is 858. The molecule has 2 aliphatic heterocycles. The topological polar surface area (TPSA) is 84.4 Å². The Balaban J connectivity index is 0.000000789. The van der Waals surface area contributed by atoms with E-state index in [-0.39, 0.29) is 18.1 Å². The second-order valence-electron chi connectivity index (χ2n) is 6.53. The number of morpholine rings is 1. The van der Waals surface area contributed by atoms with Gasteiger partial charge in [-0.1, -0.05) is 78.8 Å². The lowest BCUT2D eigenvalue weighted by molar-refractivity contribution is -0.125. The largest absolute Gasteiger partial charge is 0.377 e. The number of nitrogens with one attached hydrogen (secondary N) is 1. The molecule has 3 heterocycles. The number of Topliss-reactive ketones (excluding diaryl/α,β-unsaturated/α-hetero) is 1. The maximum atomic E-state index is 12.6. The fraction of sp³-hybridized carbons (Fsp3) is 0.520. The summed E-state index contributed by atoms with van der Waals surface area (Å²) in [6.07, 6.45) is 2.32. The molecule has 0 aliphatic carbocycles. The molecule has 0 spiro atoms. The molecule has 0 saturated carbocycles. The molecule has 4 rings (SSSR count). The number of carbonyl (C=O) groups is 2. The smallest absolute Gasteiger partial charge is 0.252 e. The number of carbonyl (C=O) groups excluding carboxylic acids is 2. The first-order valence-electron chi connectivity index (χ1n) is 11.7. The lowest BCUT2D eigenvalue weighted by Crippen LogP contribution is -2.66. The molecule has 2 aliphatic rings. The van der Waals surface area contributed by atoms with E-state index in [9.17, 15) is 9.59 Å². The number of hydrogen-bond donors (Lipinski definition) is 1. The third-order valence-corrected chi connectivity index (χ3v) is 5.06. The number of ketones is 1. The summed E-state index contributed by atoms with van der Waals surface area (Å²) in [5.74, 6) is 0.990. The first kappa shape index (κ1) is 27.2. The maximum Gasteiger partial charge on any atom is 0.252 e. The Morgan fingerprint density at radius 1 is 1.12 bits per heavy atom. The summed E-state index contributed by atoms with van der Waals surface area (Å²) < 4.78 is 5.57. The predicted octanol–water partition coefficient (Wildman–Crippen LogP) is 4.92. The van der Waals surface area contributed by atoms with Crippen molar-refractivity contribution < 1.29 is 14.3 Å². The lowest BCUT2D eigenvalue weighted by Gasteiger charge is -2.48. The standard InChI is InChI=1S/C19H20N4O3.3C2H6/c1-2-19-12-26-9-8-23(19)17-14(21-18(19)25)11-20-16(22-17)10-15(24)13-6-4-3-5-7-13;3*1-2/h3-7,11H,2,8-10,12H2,1H3,(H,21,25);3*1-2H3. The first-order chi connectivity index (χ1) is 15.6. The van der Waals surface area contributed by atoms with Crippen LogP contribution in [0.3, 0.4) is 0 Å². The van der Waals surface area contributed by atoms with E-state index >= 15 is 0 Å². The number of ether oxygens (including phenoxy) is 1. The minimum Gasteiger partial charge on any atom is -0.377 e. The van der Waals surface area contributed by atoms with E-state index < -0.39 is 5.54 Å². The Morgan fingerprint density at radius 3 is 2.41 bits per heavy atom. The van der Waals surface area contributed by atoms with Gasteiger partial charge < -0.3 is 15.0 Å². The highest BCUT2D eigenvalue weighted by Gasteiger charge is 2.49. The van der Waals surface area contributed by atoms with Crippen LogP contribution in [0, 0.1) is 0 Å². The van der Waals surface area contributed by atoms with Crippen LogP contribution in [0.4, 0.5) is 11.5 Å². The molecule has 1 aromatic carbocycles. The van der Waals surface area contributed by atoms with Crippen LogP contribution < -0.4 is 10.2 Å². The zero-order chi connectivity index (χ0) is 24.1. The maximum absolute atomic E-state index is 12.6. The number of hydrogen-bond acceptors (Lipinski definition) is 6. The average Bonchev–Trinajstić information content (AvgIpc) is 2.88. The lowest BCUT2D eigenvalue weighted by atomic mass is 9.90. The highest BCUT2D eigenvalue weighted by atomic mass is 16.5. The van der Waals surface area contributed by atoms with Crippen LogP contribution >= 0.6 is 0 Å². The SMILES string of the molecule is CC.CC.CC.CCC12COCCN1c1nc(CC(=O)c3ccccc3)ncc1NC2=O. The summed E-state index contributed by atoms with van der Waals surface area (Å²) >= 11 is 0. The van der Waals surface area contributed by atoms with Crippen molar-refractivity contribution in [2.75, 3.05) is 30.0 Å². The minimum atomic E-state index is -0.750. The van der Waals surface area contributed by atoms with Crippen molar-refractivity contribution in [2.45, 2.75) is 66.8 Å². The van der Waals surface area contributed by atoms with Crippen molar-refractivity contribution in [2.24, 2.45) is 0 Å². The summed E-state index contributed by atoms with van der Waals surface area (Å²) in [5.41, 5.74) is 0.466. The third kappa shape index (κ3) is 5.71. The molecule has 2 aromatic rings. The summed E-state index contributed by atoms with van der Waals surface area (Å²) in [4.78, 5) is 36.0. The minimum absolute atomic E-state index is 0.0332. The Kier molecular flexibility index (Phi) is 11.6. The molecule has 7 nitrogen and oxygen atoms in total. The van der Waals surface area contributed by atoms with Crippen molar-refractivity contribution in [1.29, 1.82) is 0 Å². The number of anilines is 2. The van der Waals surface area contributed by atoms with Gasteiger partial charge in [0.05, 0.1) is 25.8 Å². The molecule has 1 atom stereocenters. The second-order valence-corrected chi connectivity index (χ2v) is 6.53. The normalized spacial score (nSPS) is 18.1. The monoisotopic (exact) mass is 442 g/mol. The van der Waals surface area contributed by atoms with Gasteiger partial charge >= 0.3 is 0 Å². The number of amides is 1. The van der Waals surface area contributed by atoms with Gasteiger partial charge in [-0.15, -0.1) is 0 Å². The fourth-order valence-corrected chi connectivity index (χ4v) is 3.53. The Labute approximate surface area is 192 Å². The highest BCUT2D eigenvalue weighted by Crippen LogP contribution is 2.38. The summed E-state index contributed by atoms with van der Waals surface area (Å²) in [6, 6.07) is 9.10. The van der Waals surface area contributed by atoms with Crippen molar-refractivity contribution in [3.63, 3.8) is 0 Å². The van der Waals surface area contributed by atoms with Gasteiger partial charge in [-0.2, -0.15) is 0 Å². The van der Waals surface area contributed by atoms with Gasteiger partial charge in [0, 0.05) is 12.1 Å². The number of nitrogens with zero attached hydrogens (tertiary/aromatic N) is 3. The molecular weight excluding hydrogens is 404 g/mol. The van der Waals surface area contributed by atoms with Crippen LogP contribution in [-0.2, 0) is 16.0 Å². The van der Waals surface area contributed by atoms with Gasteiger partial charge in [0.25, 0.3) is 5.91 Å². The molecule has 32 heavy (non-hydrogen) atoms. The predicted molar refractivity (Wildman–Crippen MR) is 130 cm³/mol. The molecule has 7 heteroatoms. The summed E-state index contributed by atoms with van der Waals surface area (Å²) in [5, 5.41) is 2.89. The molecule has 176 valence electrons. The zero-order valence-electron chi connectivity index (χ0n) is 20.6. The molecule has 1 aromatic heterocycles. The van der Waals surface area contributed by atoms with Gasteiger partial charge in [-0.25, -0.2) is 9.97 Å². The number of rotatable bonds is 4. The van der Waals surface area contributed by atoms with E-state index in [4.69, 9.17) is 4.74 Å². The van der Waals surface area contributed by atoms with Crippen molar-refractivity contribution >= 4 is 23.2 Å². The van der Waals surface area contributed by atoms with E-state index in [1.165, 1.54) is 0 Å². The van der Waals surface area contributed by atoms with Crippen molar-refractivity contribution in [3.05, 3.63) is 47.9 Å². The van der Waals surface area contributed by atoms with Gasteiger partial charge in [-0.05, 0) is 6.42 Å². The van der Waals surface area contributed by atoms with Crippen LogP contribution in [-0.4, -0.2) is 47.0 Å². The van der Waals surface area contributed by atoms with Crippen LogP contribution in [0.15, 0.2) is 36.5 Å². The van der Waals surface area contributed by atoms with E-state index in [1.54, 1.807) is 18.3 Å². The first-order valence-corrected chi connectivity index (χ1v) is 11.7. The zero-order valence-corrected chi connectivity index (χ0v) is 20.6. The molecule has 0 bridgehead atoms. The third-order valence-electron chi connectivity index (χ3n) is 5.06. The highest BCUT2D eigenvalue weighted by molar-refractivity contribution is 6.06. The molecule has 1 fully saturated rings. The molecule has 1 amide bonds. The molecule has 0 radical (unpaired) electrons. The van der Waals surface area contributed by atoms with Gasteiger partial charge in [0.15, 0.2) is 11.6 Å². The number of benzene rings is 1. The molecule has 1 unspecified atom stereocenters.